The molecule has 1 N–H and O–H groups in total. The van der Waals surface area contributed by atoms with Crippen LogP contribution in [0.2, 0.25) is 0 Å². The van der Waals surface area contributed by atoms with E-state index in [0.717, 1.165) is 17.0 Å². The maximum atomic E-state index is 11.7. The molecule has 0 radical (unpaired) electrons. The van der Waals surface area contributed by atoms with Crippen molar-refractivity contribution in [3.63, 3.8) is 0 Å². The van der Waals surface area contributed by atoms with Gasteiger partial charge in [0, 0.05) is 25.1 Å². The van der Waals surface area contributed by atoms with Crippen molar-refractivity contribution in [1.82, 2.24) is 10.1 Å². The highest BCUT2D eigenvalue weighted by Crippen LogP contribution is 2.24. The average molecular weight is 254 g/mol. The Kier molecular flexibility index (Phi) is 3.68. The third-order valence-electron chi connectivity index (χ3n) is 3.40. The third kappa shape index (κ3) is 2.39. The van der Waals surface area contributed by atoms with Gasteiger partial charge in [-0.05, 0) is 13.8 Å². The molecule has 2 heterocycles. The van der Waals surface area contributed by atoms with Gasteiger partial charge in [-0.25, -0.2) is 0 Å². The quantitative estimate of drug-likeness (QED) is 0.787. The van der Waals surface area contributed by atoms with E-state index in [0.29, 0.717) is 19.5 Å². The fourth-order valence-corrected chi connectivity index (χ4v) is 2.37. The van der Waals surface area contributed by atoms with Gasteiger partial charge in [0.05, 0.1) is 18.9 Å². The number of nitrogens with zero attached hydrogens (tertiary/aromatic N) is 2. The molecule has 2 atom stereocenters. The lowest BCUT2D eigenvalue weighted by Gasteiger charge is -2.21. The number of hydrogen-bond donors (Lipinski definition) is 1. The Labute approximate surface area is 106 Å². The van der Waals surface area contributed by atoms with Crippen LogP contribution in [0.25, 0.3) is 0 Å². The Morgan fingerprint density at radius 2 is 2.33 bits per heavy atom. The van der Waals surface area contributed by atoms with Gasteiger partial charge in [-0.15, -0.1) is 0 Å². The number of carbonyl (C=O) groups is 1. The number of methoxy groups -OCH3 is 1. The maximum absolute atomic E-state index is 11.7. The first-order valence-electron chi connectivity index (χ1n) is 5.94. The molecule has 1 aliphatic heterocycles. The predicted molar refractivity (Wildman–Crippen MR) is 62.8 cm³/mol. The molecule has 1 fully saturated rings. The van der Waals surface area contributed by atoms with Gasteiger partial charge in [-0.3, -0.25) is 9.69 Å². The van der Waals surface area contributed by atoms with Crippen molar-refractivity contribution in [2.45, 2.75) is 39.0 Å². The first kappa shape index (κ1) is 13.0. The Morgan fingerprint density at radius 1 is 1.61 bits per heavy atom. The molecular formula is C12H18N2O4. The van der Waals surface area contributed by atoms with Crippen LogP contribution >= 0.6 is 0 Å². The summed E-state index contributed by atoms with van der Waals surface area (Å²) in [5.74, 6) is 0.441. The lowest BCUT2D eigenvalue weighted by molar-refractivity contribution is -0.146. The number of hydrogen-bond acceptors (Lipinski definition) is 6. The van der Waals surface area contributed by atoms with E-state index in [1.807, 2.05) is 18.7 Å². The molecule has 0 bridgehead atoms. The molecule has 0 aromatic carbocycles. The summed E-state index contributed by atoms with van der Waals surface area (Å²) < 4.78 is 9.86. The second-order valence-electron chi connectivity index (χ2n) is 4.66. The normalized spacial score (nSPS) is 24.4. The standard InChI is InChI=1S/C12H18N2O4/c1-7-10(8(2)18-13-7)6-14-5-9(15)4-11(14)12(16)17-3/h9,11,15H,4-6H2,1-3H3/t9-,11+/m1/s1. The molecule has 6 heteroatoms. The number of aliphatic hydroxyl groups excluding tert-OH is 1. The van der Waals surface area contributed by atoms with Crippen molar-refractivity contribution in [2.75, 3.05) is 13.7 Å². The Balaban J connectivity index is 2.14. The second-order valence-corrected chi connectivity index (χ2v) is 4.66. The molecular weight excluding hydrogens is 236 g/mol. The molecule has 6 nitrogen and oxygen atoms in total. The number of aryl methyl sites for hydroxylation is 2. The Morgan fingerprint density at radius 3 is 2.89 bits per heavy atom. The lowest BCUT2D eigenvalue weighted by Crippen LogP contribution is -2.36. The number of rotatable bonds is 3. The van der Waals surface area contributed by atoms with E-state index < -0.39 is 12.1 Å². The second kappa shape index (κ2) is 5.07. The van der Waals surface area contributed by atoms with E-state index >= 15 is 0 Å². The van der Waals surface area contributed by atoms with Crippen LogP contribution in [-0.4, -0.2) is 46.9 Å². The van der Waals surface area contributed by atoms with E-state index in [-0.39, 0.29) is 5.97 Å². The van der Waals surface area contributed by atoms with Crippen LogP contribution in [0.1, 0.15) is 23.4 Å². The smallest absolute Gasteiger partial charge is 0.323 e. The monoisotopic (exact) mass is 254 g/mol. The molecule has 0 amide bonds. The largest absolute Gasteiger partial charge is 0.468 e. The number of carbonyl (C=O) groups excluding carboxylic acids is 1. The summed E-state index contributed by atoms with van der Waals surface area (Å²) >= 11 is 0. The zero-order valence-corrected chi connectivity index (χ0v) is 10.8. The van der Waals surface area contributed by atoms with Crippen LogP contribution in [0.5, 0.6) is 0 Å². The summed E-state index contributed by atoms with van der Waals surface area (Å²) in [6.07, 6.45) is -0.0784. The average Bonchev–Trinajstić information content (AvgIpc) is 2.86. The van der Waals surface area contributed by atoms with Crippen molar-refractivity contribution in [3.8, 4) is 0 Å². The lowest BCUT2D eigenvalue weighted by atomic mass is 10.1. The van der Waals surface area contributed by atoms with E-state index in [1.165, 1.54) is 7.11 Å². The van der Waals surface area contributed by atoms with E-state index in [9.17, 15) is 9.90 Å². The topological polar surface area (TPSA) is 75.8 Å². The van der Waals surface area contributed by atoms with Crippen molar-refractivity contribution >= 4 is 5.97 Å². The predicted octanol–water partition coefficient (Wildman–Crippen LogP) is 0.400. The van der Waals surface area contributed by atoms with Gasteiger partial charge in [0.1, 0.15) is 11.8 Å². The van der Waals surface area contributed by atoms with Gasteiger partial charge < -0.3 is 14.4 Å². The molecule has 2 rings (SSSR count). The fraction of sp³-hybridized carbons (Fsp3) is 0.667. The number of aliphatic hydroxyl groups is 1. The molecule has 1 aliphatic rings. The van der Waals surface area contributed by atoms with E-state index in [2.05, 4.69) is 5.16 Å². The van der Waals surface area contributed by atoms with Crippen LogP contribution < -0.4 is 0 Å². The van der Waals surface area contributed by atoms with Gasteiger partial charge >= 0.3 is 5.97 Å². The van der Waals surface area contributed by atoms with Gasteiger partial charge in [0.15, 0.2) is 0 Å². The Hall–Kier alpha value is -1.40. The summed E-state index contributed by atoms with van der Waals surface area (Å²) in [6.45, 7) is 4.71. The highest BCUT2D eigenvalue weighted by molar-refractivity contribution is 5.76. The number of ether oxygens (including phenoxy) is 1. The highest BCUT2D eigenvalue weighted by Gasteiger charge is 2.37. The summed E-state index contributed by atoms with van der Waals surface area (Å²) in [5, 5.41) is 13.6. The summed E-state index contributed by atoms with van der Waals surface area (Å²) in [5.41, 5.74) is 1.79. The summed E-state index contributed by atoms with van der Waals surface area (Å²) in [4.78, 5) is 13.6. The summed E-state index contributed by atoms with van der Waals surface area (Å²) in [7, 11) is 1.36. The Bertz CT molecular complexity index is 424. The van der Waals surface area contributed by atoms with Crippen molar-refractivity contribution in [2.24, 2.45) is 0 Å². The van der Waals surface area contributed by atoms with Crippen LogP contribution in [-0.2, 0) is 16.1 Å². The molecule has 1 aromatic rings. The van der Waals surface area contributed by atoms with Crippen molar-refractivity contribution in [3.05, 3.63) is 17.0 Å². The van der Waals surface area contributed by atoms with E-state index in [4.69, 9.17) is 9.26 Å². The zero-order chi connectivity index (χ0) is 13.3. The molecule has 100 valence electrons. The van der Waals surface area contributed by atoms with E-state index in [1.54, 1.807) is 0 Å². The number of aromatic nitrogens is 1. The zero-order valence-electron chi connectivity index (χ0n) is 10.8. The first-order chi connectivity index (χ1) is 8.52. The van der Waals surface area contributed by atoms with Crippen molar-refractivity contribution in [1.29, 1.82) is 0 Å². The molecule has 0 unspecified atom stereocenters. The molecule has 1 aromatic heterocycles. The molecule has 18 heavy (non-hydrogen) atoms. The minimum atomic E-state index is -0.491. The highest BCUT2D eigenvalue weighted by atomic mass is 16.5. The number of β-amino-alcohol motifs (C(OH)–C–C–N with tert-alkyl or cyclic N) is 1. The fourth-order valence-electron chi connectivity index (χ4n) is 2.37. The first-order valence-corrected chi connectivity index (χ1v) is 5.94. The third-order valence-corrected chi connectivity index (χ3v) is 3.40. The van der Waals surface area contributed by atoms with Gasteiger partial charge in [0.25, 0.3) is 0 Å². The minimum absolute atomic E-state index is 0.307. The minimum Gasteiger partial charge on any atom is -0.468 e. The molecule has 0 saturated carbocycles. The molecule has 1 saturated heterocycles. The summed E-state index contributed by atoms with van der Waals surface area (Å²) in [6, 6.07) is -0.390. The van der Waals surface area contributed by atoms with Crippen LogP contribution in [0.4, 0.5) is 0 Å². The van der Waals surface area contributed by atoms with Crippen LogP contribution in [0.3, 0.4) is 0 Å². The van der Waals surface area contributed by atoms with Gasteiger partial charge in [-0.2, -0.15) is 0 Å². The molecule has 0 spiro atoms. The molecule has 0 aliphatic carbocycles. The van der Waals surface area contributed by atoms with Gasteiger partial charge in [0.2, 0.25) is 0 Å². The SMILES string of the molecule is COC(=O)[C@@H]1C[C@@H](O)CN1Cc1c(C)noc1C. The van der Waals surface area contributed by atoms with Gasteiger partial charge in [-0.1, -0.05) is 5.16 Å². The number of likely N-dealkylation sites (tertiary alicyclic amines) is 1. The number of esters is 1. The van der Waals surface area contributed by atoms with Crippen molar-refractivity contribution < 1.29 is 19.2 Å². The van der Waals surface area contributed by atoms with Crippen LogP contribution in [0, 0.1) is 13.8 Å². The van der Waals surface area contributed by atoms with Crippen LogP contribution in [0.15, 0.2) is 4.52 Å². The maximum Gasteiger partial charge on any atom is 0.323 e.